The largest absolute Gasteiger partial charge is 0.382 e. The number of aromatic nitrogens is 2. The van der Waals surface area contributed by atoms with E-state index in [4.69, 9.17) is 5.73 Å². The van der Waals surface area contributed by atoms with Gasteiger partial charge in [-0.1, -0.05) is 22.7 Å². The van der Waals surface area contributed by atoms with Gasteiger partial charge >= 0.3 is 4.87 Å². The van der Waals surface area contributed by atoms with Crippen LogP contribution in [0.4, 0.5) is 10.9 Å². The fourth-order valence-electron chi connectivity index (χ4n) is 2.18. The molecule has 0 unspecified atom stereocenters. The third-order valence-electron chi connectivity index (χ3n) is 3.24. The maximum Gasteiger partial charge on any atom is 0.304 e. The summed E-state index contributed by atoms with van der Waals surface area (Å²) >= 11 is 2.39. The Morgan fingerprint density at radius 1 is 1.48 bits per heavy atom. The van der Waals surface area contributed by atoms with Gasteiger partial charge in [0.1, 0.15) is 10.7 Å². The van der Waals surface area contributed by atoms with E-state index in [1.165, 1.54) is 11.3 Å². The standard InChI is InChI=1S/C12H15N5O2S2/c13-9-8(21-11(16-9)17-3-1-2-4-17)10(18)14-5-7-6-20-12(19)15-7/h6H,1-5,13H2,(H,14,18)(H,15,19). The zero-order valence-corrected chi connectivity index (χ0v) is 12.9. The first-order valence-electron chi connectivity index (χ1n) is 6.59. The average Bonchev–Trinajstić information content (AvgIpc) is 3.16. The van der Waals surface area contributed by atoms with Gasteiger partial charge in [0, 0.05) is 24.2 Å². The van der Waals surface area contributed by atoms with Crippen molar-refractivity contribution in [3.05, 3.63) is 25.6 Å². The highest BCUT2D eigenvalue weighted by Crippen LogP contribution is 2.30. The number of amides is 1. The third kappa shape index (κ3) is 3.08. The number of rotatable bonds is 4. The molecule has 112 valence electrons. The van der Waals surface area contributed by atoms with Crippen LogP contribution in [-0.2, 0) is 6.54 Å². The summed E-state index contributed by atoms with van der Waals surface area (Å²) in [6.07, 6.45) is 2.29. The van der Waals surface area contributed by atoms with E-state index in [0.29, 0.717) is 10.6 Å². The molecule has 2 aromatic heterocycles. The minimum Gasteiger partial charge on any atom is -0.382 e. The van der Waals surface area contributed by atoms with Crippen LogP contribution in [-0.4, -0.2) is 29.0 Å². The Bertz CT molecular complexity index is 699. The molecule has 0 atom stereocenters. The molecule has 2 aromatic rings. The maximum atomic E-state index is 12.1. The molecule has 4 N–H and O–H groups in total. The topological polar surface area (TPSA) is 104 Å². The van der Waals surface area contributed by atoms with Gasteiger partial charge in [0.05, 0.1) is 6.54 Å². The molecule has 1 aliphatic rings. The van der Waals surface area contributed by atoms with Crippen LogP contribution in [0.1, 0.15) is 28.2 Å². The molecule has 0 aliphatic carbocycles. The molecule has 3 rings (SSSR count). The van der Waals surface area contributed by atoms with Gasteiger partial charge in [-0.3, -0.25) is 9.59 Å². The molecular weight excluding hydrogens is 310 g/mol. The van der Waals surface area contributed by atoms with Crippen molar-refractivity contribution in [1.82, 2.24) is 15.3 Å². The number of anilines is 2. The molecule has 1 fully saturated rings. The fourth-order valence-corrected chi connectivity index (χ4v) is 3.72. The number of nitrogens with one attached hydrogen (secondary N) is 2. The lowest BCUT2D eigenvalue weighted by Crippen LogP contribution is -2.23. The molecule has 21 heavy (non-hydrogen) atoms. The average molecular weight is 325 g/mol. The predicted octanol–water partition coefficient (Wildman–Crippen LogP) is 1.01. The molecule has 0 spiro atoms. The Balaban J connectivity index is 1.67. The molecule has 0 aromatic carbocycles. The number of nitrogen functional groups attached to an aromatic ring is 1. The Labute approximate surface area is 128 Å². The summed E-state index contributed by atoms with van der Waals surface area (Å²) in [5, 5.41) is 5.24. The van der Waals surface area contributed by atoms with E-state index in [9.17, 15) is 9.59 Å². The maximum absolute atomic E-state index is 12.1. The zero-order valence-electron chi connectivity index (χ0n) is 11.2. The second kappa shape index (κ2) is 5.86. The number of H-pyrrole nitrogens is 1. The summed E-state index contributed by atoms with van der Waals surface area (Å²) in [4.78, 5) is 32.5. The minimum atomic E-state index is -0.262. The Kier molecular flexibility index (Phi) is 3.93. The highest BCUT2D eigenvalue weighted by atomic mass is 32.1. The van der Waals surface area contributed by atoms with Gasteiger partial charge in [0.25, 0.3) is 5.91 Å². The Morgan fingerprint density at radius 3 is 2.90 bits per heavy atom. The van der Waals surface area contributed by atoms with Gasteiger partial charge < -0.3 is 20.9 Å². The van der Waals surface area contributed by atoms with Gasteiger partial charge in [-0.2, -0.15) is 0 Å². The number of thiazole rings is 2. The van der Waals surface area contributed by atoms with Gasteiger partial charge in [-0.25, -0.2) is 4.98 Å². The number of nitrogens with zero attached hydrogens (tertiary/aromatic N) is 2. The van der Waals surface area contributed by atoms with E-state index in [-0.39, 0.29) is 23.1 Å². The van der Waals surface area contributed by atoms with E-state index in [2.05, 4.69) is 20.2 Å². The van der Waals surface area contributed by atoms with Crippen molar-refractivity contribution in [2.45, 2.75) is 19.4 Å². The van der Waals surface area contributed by atoms with Crippen molar-refractivity contribution in [1.29, 1.82) is 0 Å². The summed E-state index contributed by atoms with van der Waals surface area (Å²) in [7, 11) is 0. The number of carbonyl (C=O) groups excluding carboxylic acids is 1. The second-order valence-corrected chi connectivity index (χ2v) is 6.58. The minimum absolute atomic E-state index is 0.132. The normalized spacial score (nSPS) is 14.6. The first-order chi connectivity index (χ1) is 10.1. The molecule has 1 amide bonds. The van der Waals surface area contributed by atoms with Gasteiger partial charge in [-0.05, 0) is 12.8 Å². The fraction of sp³-hybridized carbons (Fsp3) is 0.417. The smallest absolute Gasteiger partial charge is 0.304 e. The molecule has 7 nitrogen and oxygen atoms in total. The third-order valence-corrected chi connectivity index (χ3v) is 5.08. The van der Waals surface area contributed by atoms with Crippen molar-refractivity contribution in [2.75, 3.05) is 23.7 Å². The lowest BCUT2D eigenvalue weighted by molar-refractivity contribution is 0.0955. The van der Waals surface area contributed by atoms with E-state index in [0.717, 1.165) is 42.4 Å². The number of nitrogens with two attached hydrogens (primary N) is 1. The van der Waals surface area contributed by atoms with Crippen molar-refractivity contribution < 1.29 is 4.79 Å². The highest BCUT2D eigenvalue weighted by Gasteiger charge is 2.21. The first kappa shape index (κ1) is 14.1. The SMILES string of the molecule is Nc1nc(N2CCCC2)sc1C(=O)NCc1csc(=O)[nH]1. The summed E-state index contributed by atoms with van der Waals surface area (Å²) in [6, 6.07) is 0. The monoisotopic (exact) mass is 325 g/mol. The zero-order chi connectivity index (χ0) is 14.8. The highest BCUT2D eigenvalue weighted by molar-refractivity contribution is 7.18. The molecule has 0 bridgehead atoms. The van der Waals surface area contributed by atoms with Crippen LogP contribution in [0.15, 0.2) is 10.2 Å². The van der Waals surface area contributed by atoms with Crippen LogP contribution >= 0.6 is 22.7 Å². The number of aromatic amines is 1. The van der Waals surface area contributed by atoms with Gasteiger partial charge in [0.15, 0.2) is 5.13 Å². The van der Waals surface area contributed by atoms with E-state index in [1.807, 2.05) is 0 Å². The van der Waals surface area contributed by atoms with E-state index < -0.39 is 0 Å². The van der Waals surface area contributed by atoms with Crippen molar-refractivity contribution >= 4 is 39.5 Å². The van der Waals surface area contributed by atoms with Crippen LogP contribution in [0.5, 0.6) is 0 Å². The number of carbonyl (C=O) groups is 1. The predicted molar refractivity (Wildman–Crippen MR) is 84.1 cm³/mol. The Hall–Kier alpha value is -1.87. The van der Waals surface area contributed by atoms with E-state index in [1.54, 1.807) is 5.38 Å². The molecule has 3 heterocycles. The molecule has 1 aliphatic heterocycles. The molecule has 0 saturated carbocycles. The summed E-state index contributed by atoms with van der Waals surface area (Å²) in [6.45, 7) is 2.20. The van der Waals surface area contributed by atoms with Gasteiger partial charge in [-0.15, -0.1) is 0 Å². The van der Waals surface area contributed by atoms with Crippen LogP contribution < -0.4 is 20.8 Å². The van der Waals surface area contributed by atoms with Crippen LogP contribution in [0.25, 0.3) is 0 Å². The number of hydrogen-bond donors (Lipinski definition) is 3. The van der Waals surface area contributed by atoms with Crippen LogP contribution in [0.3, 0.4) is 0 Å². The van der Waals surface area contributed by atoms with E-state index >= 15 is 0 Å². The van der Waals surface area contributed by atoms with Crippen LogP contribution in [0.2, 0.25) is 0 Å². The summed E-state index contributed by atoms with van der Waals surface area (Å²) in [5.41, 5.74) is 6.52. The van der Waals surface area contributed by atoms with Crippen molar-refractivity contribution in [3.63, 3.8) is 0 Å². The Morgan fingerprint density at radius 2 is 2.24 bits per heavy atom. The first-order valence-corrected chi connectivity index (χ1v) is 8.29. The van der Waals surface area contributed by atoms with Crippen molar-refractivity contribution in [3.8, 4) is 0 Å². The molecule has 9 heteroatoms. The van der Waals surface area contributed by atoms with Gasteiger partial charge in [0.2, 0.25) is 0 Å². The van der Waals surface area contributed by atoms with Crippen LogP contribution in [0, 0.1) is 0 Å². The molecule has 0 radical (unpaired) electrons. The molecule has 1 saturated heterocycles. The second-order valence-electron chi connectivity index (χ2n) is 4.76. The molecular formula is C12H15N5O2S2. The summed E-state index contributed by atoms with van der Waals surface area (Å²) < 4.78 is 0. The quantitative estimate of drug-likeness (QED) is 0.778. The lowest BCUT2D eigenvalue weighted by Gasteiger charge is -2.11. The van der Waals surface area contributed by atoms with Crippen molar-refractivity contribution in [2.24, 2.45) is 0 Å². The summed E-state index contributed by atoms with van der Waals surface area (Å²) in [5.74, 6) is 0.000656. The lowest BCUT2D eigenvalue weighted by atomic mass is 10.4. The number of hydrogen-bond acceptors (Lipinski definition) is 7.